The molecule has 2 aliphatic rings. The lowest BCUT2D eigenvalue weighted by molar-refractivity contribution is -0.151. The third-order valence-corrected chi connectivity index (χ3v) is 11.3. The minimum Gasteiger partial charge on any atom is -0.508 e. The predicted molar refractivity (Wildman–Crippen MR) is 239 cm³/mol. The predicted octanol–water partition coefficient (Wildman–Crippen LogP) is -4.81. The number of nitrogens with two attached hydrogens (primary N) is 3. The fourth-order valence-electron chi connectivity index (χ4n) is 7.24. The number of nitrogens with one attached hydrogen (secondary N) is 8. The van der Waals surface area contributed by atoms with Crippen molar-refractivity contribution in [3.8, 4) is 5.75 Å². The number of amides is 12. The van der Waals surface area contributed by atoms with Gasteiger partial charge in [0.2, 0.25) is 70.9 Å². The van der Waals surface area contributed by atoms with Gasteiger partial charge in [0, 0.05) is 25.8 Å². The van der Waals surface area contributed by atoms with E-state index in [0.29, 0.717) is 12.0 Å². The highest BCUT2D eigenvalue weighted by atomic mass is 16.3. The third-order valence-electron chi connectivity index (χ3n) is 11.3. The largest absolute Gasteiger partial charge is 0.508 e. The Kier molecular flexibility index (Phi) is 21.1. The SMILES string of the molecule is CCC(C)C1NC(=O)[C@H](Cc2ccc(O)cc2)NC(=O)CNC(=O)CCC(C(=O)N2CCC2C(=O)NC(CC(C)C)C(=O)NCC(N)=O)NC(=O)[C@H](CC(N)=O)NC(=O)[C@H](CCC(N)=O)NC1=O. The first-order valence-electron chi connectivity index (χ1n) is 22.3. The standard InChI is InChI=1S/C43H64N12O13/c1-5-22(4)36-42(67)50-25(10-12-31(44)57)38(63)52-29(18-32(45)58)39(64)51-26(43(68)55-15-14-30(55)41(66)53-27(16-21(2)3)37(62)48-19-33(46)59)11-13-34(60)47-20-35(61)49-28(40(65)54-36)17-23-6-8-24(56)9-7-23/h6-9,21-22,25-30,36,56H,5,10-20H2,1-4H3,(H2,44,57)(H2,45,58)(H2,46,59)(H,47,60)(H,48,62)(H,49,61)(H,50,67)(H,51,64)(H,52,63)(H,53,66)(H,54,65)/t22?,25-,26?,27?,28-,29-,30?,36?/m0/s1. The van der Waals surface area contributed by atoms with E-state index in [9.17, 15) is 62.6 Å². The zero-order chi connectivity index (χ0) is 50.8. The molecule has 25 heteroatoms. The molecule has 2 fully saturated rings. The smallest absolute Gasteiger partial charge is 0.245 e. The van der Waals surface area contributed by atoms with Crippen LogP contribution in [0.1, 0.15) is 84.6 Å². The Hall–Kier alpha value is -7.34. The molecule has 0 saturated carbocycles. The van der Waals surface area contributed by atoms with E-state index in [0.717, 1.165) is 4.90 Å². The van der Waals surface area contributed by atoms with E-state index in [1.165, 1.54) is 24.3 Å². The number of aromatic hydroxyl groups is 1. The fourth-order valence-corrected chi connectivity index (χ4v) is 7.24. The number of primary amides is 3. The van der Waals surface area contributed by atoms with Gasteiger partial charge in [-0.05, 0) is 55.2 Å². The molecule has 0 radical (unpaired) electrons. The molecular weight excluding hydrogens is 893 g/mol. The Morgan fingerprint density at radius 1 is 0.765 bits per heavy atom. The van der Waals surface area contributed by atoms with E-state index in [4.69, 9.17) is 17.2 Å². The second-order valence-electron chi connectivity index (χ2n) is 17.2. The van der Waals surface area contributed by atoms with Crippen molar-refractivity contribution in [3.63, 3.8) is 0 Å². The van der Waals surface area contributed by atoms with Crippen LogP contribution in [0.4, 0.5) is 0 Å². The highest BCUT2D eigenvalue weighted by Gasteiger charge is 2.43. The maximum absolute atomic E-state index is 14.2. The molecule has 0 spiro atoms. The van der Waals surface area contributed by atoms with Crippen LogP contribution < -0.4 is 59.7 Å². The van der Waals surface area contributed by atoms with Crippen LogP contribution in [-0.4, -0.2) is 143 Å². The van der Waals surface area contributed by atoms with E-state index in [-0.39, 0.29) is 37.5 Å². The number of likely N-dealkylation sites (tertiary alicyclic amines) is 1. The Morgan fingerprint density at radius 2 is 1.40 bits per heavy atom. The Bertz CT molecular complexity index is 2070. The lowest BCUT2D eigenvalue weighted by Gasteiger charge is -2.42. The van der Waals surface area contributed by atoms with Gasteiger partial charge in [-0.2, -0.15) is 0 Å². The number of rotatable bonds is 17. The minimum absolute atomic E-state index is 0.0163. The summed E-state index contributed by atoms with van der Waals surface area (Å²) in [4.78, 5) is 160. The van der Waals surface area contributed by atoms with Crippen LogP contribution in [0.15, 0.2) is 24.3 Å². The summed E-state index contributed by atoms with van der Waals surface area (Å²) in [6.45, 7) is 5.74. The van der Waals surface area contributed by atoms with E-state index in [1.807, 2.05) is 0 Å². The summed E-state index contributed by atoms with van der Waals surface area (Å²) in [5.41, 5.74) is 16.5. The number of phenolic OH excluding ortho intramolecular Hbond substituents is 1. The average molecular weight is 957 g/mol. The first-order valence-corrected chi connectivity index (χ1v) is 22.3. The number of hydrogen-bond acceptors (Lipinski definition) is 13. The molecule has 0 aromatic heterocycles. The average Bonchev–Trinajstić information content (AvgIpc) is 3.24. The summed E-state index contributed by atoms with van der Waals surface area (Å²) in [6.07, 6.45) is -2.27. The molecule has 1 aromatic rings. The van der Waals surface area contributed by atoms with Gasteiger partial charge in [0.25, 0.3) is 0 Å². The van der Waals surface area contributed by atoms with Gasteiger partial charge >= 0.3 is 0 Å². The van der Waals surface area contributed by atoms with Gasteiger partial charge < -0.3 is 69.7 Å². The van der Waals surface area contributed by atoms with Crippen molar-refractivity contribution in [1.82, 2.24) is 47.4 Å². The Balaban J connectivity index is 2.03. The molecular formula is C43H64N12O13. The number of benzene rings is 1. The van der Waals surface area contributed by atoms with E-state index < -0.39 is 164 Å². The topological polar surface area (TPSA) is 403 Å². The molecule has 5 unspecified atom stereocenters. The number of nitrogens with zero attached hydrogens (tertiary/aromatic N) is 1. The summed E-state index contributed by atoms with van der Waals surface area (Å²) in [7, 11) is 0. The lowest BCUT2D eigenvalue weighted by atomic mass is 9.96. The first-order chi connectivity index (χ1) is 32.0. The van der Waals surface area contributed by atoms with Crippen LogP contribution in [0.5, 0.6) is 5.75 Å². The molecule has 3 rings (SSSR count). The fraction of sp³-hybridized carbons (Fsp3) is 0.581. The van der Waals surface area contributed by atoms with Crippen LogP contribution >= 0.6 is 0 Å². The molecule has 2 aliphatic heterocycles. The van der Waals surface area contributed by atoms with E-state index >= 15 is 0 Å². The molecule has 25 nitrogen and oxygen atoms in total. The summed E-state index contributed by atoms with van der Waals surface area (Å²) in [6, 6.07) is -4.34. The van der Waals surface area contributed by atoms with Crippen molar-refractivity contribution < 1.29 is 62.6 Å². The number of carbonyl (C=O) groups excluding carboxylic acids is 12. The lowest BCUT2D eigenvalue weighted by Crippen LogP contribution is -2.65. The number of hydrogen-bond donors (Lipinski definition) is 12. The second-order valence-corrected chi connectivity index (χ2v) is 17.2. The summed E-state index contributed by atoms with van der Waals surface area (Å²) >= 11 is 0. The Morgan fingerprint density at radius 3 is 1.97 bits per heavy atom. The molecule has 0 aliphatic carbocycles. The minimum atomic E-state index is -1.82. The van der Waals surface area contributed by atoms with Crippen molar-refractivity contribution in [2.75, 3.05) is 19.6 Å². The zero-order valence-electron chi connectivity index (χ0n) is 38.5. The maximum atomic E-state index is 14.2. The molecule has 374 valence electrons. The Labute approximate surface area is 392 Å². The van der Waals surface area contributed by atoms with Crippen molar-refractivity contribution in [3.05, 3.63) is 29.8 Å². The molecule has 0 bridgehead atoms. The van der Waals surface area contributed by atoms with Gasteiger partial charge in [-0.15, -0.1) is 0 Å². The third kappa shape index (κ3) is 17.5. The molecule has 15 N–H and O–H groups in total. The summed E-state index contributed by atoms with van der Waals surface area (Å²) < 4.78 is 0. The number of phenols is 1. The van der Waals surface area contributed by atoms with Crippen molar-refractivity contribution in [1.29, 1.82) is 0 Å². The maximum Gasteiger partial charge on any atom is 0.245 e. The molecule has 2 saturated heterocycles. The molecule has 2 heterocycles. The van der Waals surface area contributed by atoms with Gasteiger partial charge in [-0.25, -0.2) is 0 Å². The normalized spacial score (nSPS) is 23.1. The highest BCUT2D eigenvalue weighted by molar-refractivity contribution is 6.00. The highest BCUT2D eigenvalue weighted by Crippen LogP contribution is 2.21. The van der Waals surface area contributed by atoms with Crippen molar-refractivity contribution in [2.45, 2.75) is 128 Å². The van der Waals surface area contributed by atoms with Crippen molar-refractivity contribution >= 4 is 70.9 Å². The quantitative estimate of drug-likeness (QED) is 0.0699. The van der Waals surface area contributed by atoms with Crippen LogP contribution in [0.25, 0.3) is 0 Å². The summed E-state index contributed by atoms with van der Waals surface area (Å²) in [5.74, 6) is -11.5. The summed E-state index contributed by atoms with van der Waals surface area (Å²) in [5, 5.41) is 29.6. The second kappa shape index (κ2) is 26.1. The van der Waals surface area contributed by atoms with Crippen LogP contribution in [0, 0.1) is 11.8 Å². The molecule has 8 atom stereocenters. The molecule has 68 heavy (non-hydrogen) atoms. The van der Waals surface area contributed by atoms with Gasteiger partial charge in [0.15, 0.2) is 0 Å². The van der Waals surface area contributed by atoms with E-state index in [1.54, 1.807) is 27.7 Å². The zero-order valence-corrected chi connectivity index (χ0v) is 38.5. The van der Waals surface area contributed by atoms with Crippen LogP contribution in [-0.2, 0) is 64.0 Å². The van der Waals surface area contributed by atoms with Gasteiger partial charge in [0.05, 0.1) is 19.5 Å². The number of carbonyl (C=O) groups is 12. The monoisotopic (exact) mass is 956 g/mol. The van der Waals surface area contributed by atoms with Crippen molar-refractivity contribution in [2.24, 2.45) is 29.0 Å². The van der Waals surface area contributed by atoms with Gasteiger partial charge in [-0.3, -0.25) is 57.5 Å². The van der Waals surface area contributed by atoms with E-state index in [2.05, 4.69) is 42.5 Å². The van der Waals surface area contributed by atoms with Crippen LogP contribution in [0.3, 0.4) is 0 Å². The van der Waals surface area contributed by atoms with Crippen LogP contribution in [0.2, 0.25) is 0 Å². The first kappa shape index (κ1) is 55.0. The molecule has 1 aromatic carbocycles. The van der Waals surface area contributed by atoms with Gasteiger partial charge in [-0.1, -0.05) is 46.2 Å². The van der Waals surface area contributed by atoms with Gasteiger partial charge in [0.1, 0.15) is 48.0 Å². The molecule has 12 amide bonds.